The van der Waals surface area contributed by atoms with E-state index in [4.69, 9.17) is 4.42 Å². The smallest absolute Gasteiger partial charge is 0.113 e. The lowest BCUT2D eigenvalue weighted by molar-refractivity contribution is 0.530. The van der Waals surface area contributed by atoms with Crippen LogP contribution < -0.4 is 0 Å². The predicted octanol–water partition coefficient (Wildman–Crippen LogP) is 4.04. The Morgan fingerprint density at radius 1 is 1.57 bits per heavy atom. The highest BCUT2D eigenvalue weighted by Gasteiger charge is 1.95. The molecule has 0 aliphatic rings. The number of allylic oxidation sites excluding steroid dienone is 3. The van der Waals surface area contributed by atoms with Gasteiger partial charge in [0.25, 0.3) is 0 Å². The maximum absolute atomic E-state index is 5.24. The molecule has 0 aliphatic heterocycles. The van der Waals surface area contributed by atoms with E-state index >= 15 is 0 Å². The summed E-state index contributed by atoms with van der Waals surface area (Å²) in [6.07, 6.45) is 7.98. The molecule has 0 N–H and O–H groups in total. The lowest BCUT2D eigenvalue weighted by atomic mass is 10.3. The second-order valence-corrected chi connectivity index (χ2v) is 4.10. The Kier molecular flexibility index (Phi) is 5.23. The highest BCUT2D eigenvalue weighted by molar-refractivity contribution is 7.98. The summed E-state index contributed by atoms with van der Waals surface area (Å²) in [5.41, 5.74) is 1.39. The third-order valence-corrected chi connectivity index (χ3v) is 2.88. The first-order chi connectivity index (χ1) is 6.83. The second-order valence-electron chi connectivity index (χ2n) is 3.11. The van der Waals surface area contributed by atoms with E-state index in [0.717, 1.165) is 17.3 Å². The normalized spacial score (nSPS) is 12.6. The van der Waals surface area contributed by atoms with E-state index in [1.807, 2.05) is 36.9 Å². The van der Waals surface area contributed by atoms with E-state index in [-0.39, 0.29) is 0 Å². The van der Waals surface area contributed by atoms with Gasteiger partial charge in [0, 0.05) is 5.75 Å². The molecular formula is C12H16OS. The summed E-state index contributed by atoms with van der Waals surface area (Å²) in [6.45, 7) is 4.18. The molecule has 1 heterocycles. The third kappa shape index (κ3) is 4.38. The van der Waals surface area contributed by atoms with Gasteiger partial charge in [-0.05, 0) is 26.0 Å². The fraction of sp³-hybridized carbons (Fsp3) is 0.333. The maximum Gasteiger partial charge on any atom is 0.113 e. The van der Waals surface area contributed by atoms with E-state index in [1.165, 1.54) is 5.57 Å². The topological polar surface area (TPSA) is 13.1 Å². The van der Waals surface area contributed by atoms with Gasteiger partial charge in [-0.3, -0.25) is 0 Å². The molecule has 0 saturated heterocycles. The van der Waals surface area contributed by atoms with Gasteiger partial charge in [-0.25, -0.2) is 0 Å². The zero-order valence-electron chi connectivity index (χ0n) is 8.69. The number of hydrogen-bond acceptors (Lipinski definition) is 2. The minimum atomic E-state index is 0.952. The van der Waals surface area contributed by atoms with Gasteiger partial charge in [0.05, 0.1) is 12.0 Å². The summed E-state index contributed by atoms with van der Waals surface area (Å²) >= 11 is 1.87. The lowest BCUT2D eigenvalue weighted by Gasteiger charge is -1.98. The van der Waals surface area contributed by atoms with Crippen LogP contribution in [0.3, 0.4) is 0 Å². The highest BCUT2D eigenvalue weighted by Crippen LogP contribution is 2.15. The molecule has 2 heteroatoms. The van der Waals surface area contributed by atoms with Crippen molar-refractivity contribution in [3.8, 4) is 0 Å². The number of rotatable bonds is 5. The Morgan fingerprint density at radius 3 is 3.07 bits per heavy atom. The van der Waals surface area contributed by atoms with E-state index < -0.39 is 0 Å². The summed E-state index contributed by atoms with van der Waals surface area (Å²) in [6, 6.07) is 3.94. The van der Waals surface area contributed by atoms with Gasteiger partial charge in [-0.2, -0.15) is 0 Å². The first kappa shape index (κ1) is 11.2. The standard InChI is InChI=1S/C12H16OS/c1-3-4-6-11(2)9-14-10-12-7-5-8-13-12/h3-8H,9-10H2,1-2H3/b4-3-,11-6+. The average Bonchev–Trinajstić information content (AvgIpc) is 2.67. The van der Waals surface area contributed by atoms with Crippen molar-refractivity contribution in [2.24, 2.45) is 0 Å². The van der Waals surface area contributed by atoms with Gasteiger partial charge in [0.1, 0.15) is 5.76 Å². The first-order valence-corrected chi connectivity index (χ1v) is 5.87. The SMILES string of the molecule is C/C=C\C=C(/C)CSCc1ccco1. The molecule has 1 aromatic rings. The van der Waals surface area contributed by atoms with Crippen LogP contribution in [0.5, 0.6) is 0 Å². The van der Waals surface area contributed by atoms with Crippen molar-refractivity contribution in [2.75, 3.05) is 5.75 Å². The molecule has 0 radical (unpaired) electrons. The molecule has 76 valence electrons. The van der Waals surface area contributed by atoms with E-state index in [1.54, 1.807) is 6.26 Å². The first-order valence-electron chi connectivity index (χ1n) is 4.71. The van der Waals surface area contributed by atoms with Crippen LogP contribution >= 0.6 is 11.8 Å². The molecule has 0 fully saturated rings. The fourth-order valence-electron chi connectivity index (χ4n) is 1.02. The quantitative estimate of drug-likeness (QED) is 0.678. The van der Waals surface area contributed by atoms with Gasteiger partial charge in [0.15, 0.2) is 0 Å². The van der Waals surface area contributed by atoms with Gasteiger partial charge < -0.3 is 4.42 Å². The monoisotopic (exact) mass is 208 g/mol. The molecule has 0 spiro atoms. The van der Waals surface area contributed by atoms with Crippen molar-refractivity contribution in [1.29, 1.82) is 0 Å². The van der Waals surface area contributed by atoms with E-state index in [2.05, 4.69) is 19.1 Å². The van der Waals surface area contributed by atoms with Crippen LogP contribution in [0.25, 0.3) is 0 Å². The largest absolute Gasteiger partial charge is 0.468 e. The molecule has 0 saturated carbocycles. The number of furan rings is 1. The maximum atomic E-state index is 5.24. The second kappa shape index (κ2) is 6.55. The van der Waals surface area contributed by atoms with Crippen LogP contribution in [0.1, 0.15) is 19.6 Å². The van der Waals surface area contributed by atoms with Crippen molar-refractivity contribution in [1.82, 2.24) is 0 Å². The highest BCUT2D eigenvalue weighted by atomic mass is 32.2. The molecule has 0 amide bonds. The van der Waals surface area contributed by atoms with Crippen LogP contribution in [0.4, 0.5) is 0 Å². The van der Waals surface area contributed by atoms with Crippen molar-refractivity contribution in [2.45, 2.75) is 19.6 Å². The van der Waals surface area contributed by atoms with Crippen LogP contribution in [-0.4, -0.2) is 5.75 Å². The minimum absolute atomic E-state index is 0.952. The Labute approximate surface area is 89.9 Å². The van der Waals surface area contributed by atoms with Crippen LogP contribution in [0.2, 0.25) is 0 Å². The summed E-state index contributed by atoms with van der Waals surface area (Å²) in [5, 5.41) is 0. The number of hydrogen-bond donors (Lipinski definition) is 0. The van der Waals surface area contributed by atoms with Crippen LogP contribution in [0, 0.1) is 0 Å². The van der Waals surface area contributed by atoms with Gasteiger partial charge >= 0.3 is 0 Å². The Morgan fingerprint density at radius 2 is 2.43 bits per heavy atom. The zero-order chi connectivity index (χ0) is 10.2. The van der Waals surface area contributed by atoms with Crippen LogP contribution in [-0.2, 0) is 5.75 Å². The lowest BCUT2D eigenvalue weighted by Crippen LogP contribution is -1.82. The molecule has 0 atom stereocenters. The Bertz CT molecular complexity index is 296. The molecule has 0 unspecified atom stereocenters. The minimum Gasteiger partial charge on any atom is -0.468 e. The molecule has 14 heavy (non-hydrogen) atoms. The molecule has 1 rings (SSSR count). The molecule has 0 aromatic carbocycles. The predicted molar refractivity (Wildman–Crippen MR) is 63.4 cm³/mol. The molecule has 1 nitrogen and oxygen atoms in total. The average molecular weight is 208 g/mol. The van der Waals surface area contributed by atoms with Gasteiger partial charge in [0.2, 0.25) is 0 Å². The van der Waals surface area contributed by atoms with Crippen LogP contribution in [0.15, 0.2) is 46.6 Å². The van der Waals surface area contributed by atoms with Crippen molar-refractivity contribution in [3.63, 3.8) is 0 Å². The zero-order valence-corrected chi connectivity index (χ0v) is 9.51. The van der Waals surface area contributed by atoms with Crippen molar-refractivity contribution >= 4 is 11.8 Å². The van der Waals surface area contributed by atoms with Crippen molar-refractivity contribution in [3.05, 3.63) is 48.0 Å². The summed E-state index contributed by atoms with van der Waals surface area (Å²) in [4.78, 5) is 0. The molecule has 1 aromatic heterocycles. The van der Waals surface area contributed by atoms with Gasteiger partial charge in [-0.15, -0.1) is 11.8 Å². The van der Waals surface area contributed by atoms with Crippen molar-refractivity contribution < 1.29 is 4.42 Å². The van der Waals surface area contributed by atoms with E-state index in [0.29, 0.717) is 0 Å². The Balaban J connectivity index is 2.21. The number of thioether (sulfide) groups is 1. The molecule has 0 bridgehead atoms. The summed E-state index contributed by atoms with van der Waals surface area (Å²) in [5.74, 6) is 3.06. The summed E-state index contributed by atoms with van der Waals surface area (Å²) in [7, 11) is 0. The summed E-state index contributed by atoms with van der Waals surface area (Å²) < 4.78 is 5.24. The van der Waals surface area contributed by atoms with Gasteiger partial charge in [-0.1, -0.05) is 23.8 Å². The third-order valence-electron chi connectivity index (χ3n) is 1.73. The Hall–Kier alpha value is -0.890. The molecular weight excluding hydrogens is 192 g/mol. The fourth-order valence-corrected chi connectivity index (χ4v) is 1.90. The molecule has 0 aliphatic carbocycles. The van der Waals surface area contributed by atoms with E-state index in [9.17, 15) is 0 Å².